The van der Waals surface area contributed by atoms with Crippen LogP contribution >= 0.6 is 11.8 Å². The van der Waals surface area contributed by atoms with Gasteiger partial charge < -0.3 is 9.72 Å². The number of H-pyrrole nitrogens is 1. The second kappa shape index (κ2) is 3.82. The van der Waals surface area contributed by atoms with E-state index in [4.69, 9.17) is 4.74 Å². The molecule has 0 amide bonds. The van der Waals surface area contributed by atoms with Gasteiger partial charge in [-0.2, -0.15) is 0 Å². The predicted molar refractivity (Wildman–Crippen MR) is 74.1 cm³/mol. The highest BCUT2D eigenvalue weighted by Gasteiger charge is 2.24. The van der Waals surface area contributed by atoms with E-state index in [9.17, 15) is 0 Å². The summed E-state index contributed by atoms with van der Waals surface area (Å²) in [6.45, 7) is 0.660. The first-order valence-corrected chi connectivity index (χ1v) is 6.72. The molecular formula is C15H11NOS. The van der Waals surface area contributed by atoms with E-state index in [-0.39, 0.29) is 0 Å². The molecule has 0 unspecified atom stereocenters. The van der Waals surface area contributed by atoms with Gasteiger partial charge in [0.1, 0.15) is 6.61 Å². The first kappa shape index (κ1) is 10.1. The van der Waals surface area contributed by atoms with Gasteiger partial charge in [0.05, 0.1) is 12.0 Å². The molecule has 1 aromatic carbocycles. The number of hydrogen-bond acceptors (Lipinski definition) is 2. The van der Waals surface area contributed by atoms with Crippen molar-refractivity contribution in [3.8, 4) is 11.3 Å². The van der Waals surface area contributed by atoms with E-state index < -0.39 is 0 Å². The highest BCUT2D eigenvalue weighted by Crippen LogP contribution is 2.47. The van der Waals surface area contributed by atoms with Crippen LogP contribution < -0.4 is 0 Å². The van der Waals surface area contributed by atoms with E-state index in [1.54, 1.807) is 0 Å². The molecule has 0 bridgehead atoms. The number of ether oxygens (including phenoxy) is 1. The van der Waals surface area contributed by atoms with Crippen molar-refractivity contribution in [3.05, 3.63) is 59.3 Å². The maximum Gasteiger partial charge on any atom is 0.107 e. The zero-order valence-corrected chi connectivity index (χ0v) is 10.5. The van der Waals surface area contributed by atoms with Crippen molar-refractivity contribution in [1.29, 1.82) is 0 Å². The quantitative estimate of drug-likeness (QED) is 0.766. The summed E-state index contributed by atoms with van der Waals surface area (Å²) in [6, 6.07) is 10.6. The van der Waals surface area contributed by atoms with Crippen molar-refractivity contribution >= 4 is 17.3 Å². The van der Waals surface area contributed by atoms with Gasteiger partial charge in [0.2, 0.25) is 0 Å². The fourth-order valence-corrected chi connectivity index (χ4v) is 3.50. The van der Waals surface area contributed by atoms with Crippen molar-refractivity contribution in [1.82, 2.24) is 4.98 Å². The van der Waals surface area contributed by atoms with Gasteiger partial charge in [-0.25, -0.2) is 0 Å². The molecule has 18 heavy (non-hydrogen) atoms. The van der Waals surface area contributed by atoms with E-state index in [2.05, 4.69) is 41.4 Å². The summed E-state index contributed by atoms with van der Waals surface area (Å²) in [5, 5.41) is 0. The number of hydrogen-bond donors (Lipinski definition) is 1. The maximum absolute atomic E-state index is 5.45. The number of allylic oxidation sites excluding steroid dienone is 1. The van der Waals surface area contributed by atoms with Crippen LogP contribution in [0.5, 0.6) is 0 Å². The molecule has 0 saturated carbocycles. The van der Waals surface area contributed by atoms with Crippen LogP contribution in [0.1, 0.15) is 5.56 Å². The largest absolute Gasteiger partial charge is 0.496 e. The Labute approximate surface area is 109 Å². The highest BCUT2D eigenvalue weighted by atomic mass is 32.2. The Kier molecular flexibility index (Phi) is 2.14. The molecule has 2 aliphatic heterocycles. The lowest BCUT2D eigenvalue weighted by Gasteiger charge is -2.13. The fraction of sp³-hybridized carbons (Fsp3) is 0.0667. The standard InChI is InChI=1S/C15H11NOS/c1-2-4-13-11(3-1)15-10(5-7-16-15)12-9-17-8-6-14(12)18-13/h1-7,9,16H,8H2. The molecule has 0 atom stereocenters. The minimum atomic E-state index is 0.660. The Morgan fingerprint density at radius 2 is 2.06 bits per heavy atom. The maximum atomic E-state index is 5.45. The summed E-state index contributed by atoms with van der Waals surface area (Å²) >= 11 is 1.82. The molecule has 2 aliphatic rings. The molecule has 1 N–H and O–H groups in total. The fourth-order valence-electron chi connectivity index (χ4n) is 2.41. The monoisotopic (exact) mass is 253 g/mol. The predicted octanol–water partition coefficient (Wildman–Crippen LogP) is 4.04. The van der Waals surface area contributed by atoms with Crippen LogP contribution in [0.25, 0.3) is 16.8 Å². The van der Waals surface area contributed by atoms with Crippen molar-refractivity contribution < 1.29 is 4.74 Å². The van der Waals surface area contributed by atoms with Crippen LogP contribution in [-0.4, -0.2) is 11.6 Å². The first-order valence-electron chi connectivity index (χ1n) is 5.91. The zero-order chi connectivity index (χ0) is 11.9. The Morgan fingerprint density at radius 1 is 1.11 bits per heavy atom. The van der Waals surface area contributed by atoms with Crippen molar-refractivity contribution in [2.24, 2.45) is 0 Å². The SMILES string of the molecule is C1=C2Sc3ccccc3-c3[nH]ccc3C2=COC1. The van der Waals surface area contributed by atoms with E-state index in [1.165, 1.54) is 32.2 Å². The van der Waals surface area contributed by atoms with Gasteiger partial charge in [-0.15, -0.1) is 0 Å². The first-order chi connectivity index (χ1) is 8.93. The van der Waals surface area contributed by atoms with Gasteiger partial charge in [0, 0.05) is 32.7 Å². The van der Waals surface area contributed by atoms with Crippen LogP contribution in [0, 0.1) is 0 Å². The van der Waals surface area contributed by atoms with E-state index in [1.807, 2.05) is 24.2 Å². The number of nitrogens with one attached hydrogen (secondary N) is 1. The molecule has 0 saturated heterocycles. The lowest BCUT2D eigenvalue weighted by Crippen LogP contribution is -1.96. The molecule has 0 spiro atoms. The molecule has 0 fully saturated rings. The smallest absolute Gasteiger partial charge is 0.107 e. The van der Waals surface area contributed by atoms with Crippen LogP contribution in [0.15, 0.2) is 58.7 Å². The van der Waals surface area contributed by atoms with E-state index in [0.29, 0.717) is 6.61 Å². The molecule has 1 aromatic heterocycles. The number of aromatic amines is 1. The van der Waals surface area contributed by atoms with Gasteiger partial charge in [0.25, 0.3) is 0 Å². The second-order valence-corrected chi connectivity index (χ2v) is 5.38. The van der Waals surface area contributed by atoms with Gasteiger partial charge in [-0.05, 0) is 18.2 Å². The molecule has 0 radical (unpaired) electrons. The minimum Gasteiger partial charge on any atom is -0.496 e. The van der Waals surface area contributed by atoms with Crippen LogP contribution in [0.4, 0.5) is 0 Å². The Balaban J connectivity index is 2.05. The van der Waals surface area contributed by atoms with Gasteiger partial charge in [-0.3, -0.25) is 0 Å². The number of rotatable bonds is 0. The third-order valence-electron chi connectivity index (χ3n) is 3.25. The topological polar surface area (TPSA) is 25.0 Å². The zero-order valence-electron chi connectivity index (χ0n) is 9.64. The summed E-state index contributed by atoms with van der Waals surface area (Å²) in [5.41, 5.74) is 4.84. The number of thioether (sulfide) groups is 1. The number of fused-ring (bicyclic) bond motifs is 5. The highest BCUT2D eigenvalue weighted by molar-refractivity contribution is 8.03. The molecule has 0 aliphatic carbocycles. The lowest BCUT2D eigenvalue weighted by molar-refractivity contribution is 0.288. The molecule has 3 heterocycles. The Hall–Kier alpha value is -1.87. The summed E-state index contributed by atoms with van der Waals surface area (Å²) < 4.78 is 5.45. The summed E-state index contributed by atoms with van der Waals surface area (Å²) in [5.74, 6) is 0. The Morgan fingerprint density at radius 3 is 3.06 bits per heavy atom. The van der Waals surface area contributed by atoms with Crippen LogP contribution in [0.3, 0.4) is 0 Å². The third-order valence-corrected chi connectivity index (χ3v) is 4.43. The average Bonchev–Trinajstić information content (AvgIpc) is 2.84. The number of aromatic nitrogens is 1. The van der Waals surface area contributed by atoms with Crippen molar-refractivity contribution in [2.45, 2.75) is 4.90 Å². The third kappa shape index (κ3) is 1.37. The molecule has 2 nitrogen and oxygen atoms in total. The van der Waals surface area contributed by atoms with Crippen LogP contribution in [-0.2, 0) is 4.74 Å². The van der Waals surface area contributed by atoms with Crippen LogP contribution in [0.2, 0.25) is 0 Å². The van der Waals surface area contributed by atoms with Crippen molar-refractivity contribution in [3.63, 3.8) is 0 Å². The molecule has 3 heteroatoms. The lowest BCUT2D eigenvalue weighted by atomic mass is 10.0. The molecule has 4 rings (SSSR count). The van der Waals surface area contributed by atoms with Gasteiger partial charge in [0.15, 0.2) is 0 Å². The second-order valence-electron chi connectivity index (χ2n) is 4.30. The van der Waals surface area contributed by atoms with E-state index >= 15 is 0 Å². The van der Waals surface area contributed by atoms with Crippen molar-refractivity contribution in [2.75, 3.05) is 6.61 Å². The minimum absolute atomic E-state index is 0.660. The number of benzene rings is 1. The molecule has 2 aromatic rings. The summed E-state index contributed by atoms with van der Waals surface area (Å²) in [6.07, 6.45) is 6.02. The summed E-state index contributed by atoms with van der Waals surface area (Å²) in [4.78, 5) is 5.92. The van der Waals surface area contributed by atoms with Gasteiger partial charge >= 0.3 is 0 Å². The molecule has 88 valence electrons. The Bertz CT molecular complexity index is 681. The average molecular weight is 253 g/mol. The van der Waals surface area contributed by atoms with E-state index in [0.717, 1.165) is 0 Å². The van der Waals surface area contributed by atoms with Gasteiger partial charge in [-0.1, -0.05) is 30.0 Å². The molecular weight excluding hydrogens is 242 g/mol. The normalized spacial score (nSPS) is 16.4. The summed E-state index contributed by atoms with van der Waals surface area (Å²) in [7, 11) is 0.